The fourth-order valence-corrected chi connectivity index (χ4v) is 4.54. The first-order valence-electron chi connectivity index (χ1n) is 11.4. The molecule has 0 atom stereocenters. The number of nitrogens with one attached hydrogen (secondary N) is 1. The van der Waals surface area contributed by atoms with Crippen LogP contribution in [0.5, 0.6) is 5.75 Å². The van der Waals surface area contributed by atoms with Gasteiger partial charge in [-0.3, -0.25) is 14.6 Å². The normalized spacial score (nSPS) is 16.4. The Morgan fingerprint density at radius 2 is 2.00 bits per heavy atom. The summed E-state index contributed by atoms with van der Waals surface area (Å²) in [6.45, 7) is 4.84. The highest BCUT2D eigenvalue weighted by molar-refractivity contribution is 5.76. The van der Waals surface area contributed by atoms with Crippen molar-refractivity contribution < 1.29 is 9.53 Å². The fourth-order valence-electron chi connectivity index (χ4n) is 4.54. The van der Waals surface area contributed by atoms with E-state index < -0.39 is 0 Å². The number of aromatic nitrogens is 2. The van der Waals surface area contributed by atoms with E-state index in [2.05, 4.69) is 16.6 Å². The molecule has 7 nitrogen and oxygen atoms in total. The lowest BCUT2D eigenvalue weighted by Gasteiger charge is -2.30. The summed E-state index contributed by atoms with van der Waals surface area (Å²) in [4.78, 5) is 33.6. The molecule has 0 spiro atoms. The highest BCUT2D eigenvalue weighted by Gasteiger charge is 2.20. The summed E-state index contributed by atoms with van der Waals surface area (Å²) in [5, 5.41) is 0.405. The SMILES string of the molecule is C=c1c(=O)[nH]c2n1Cc1cc(OCCCC(=O)N(C)C3CCCCCCC3)ccc1N=2. The van der Waals surface area contributed by atoms with E-state index in [1.54, 1.807) is 4.57 Å². The lowest BCUT2D eigenvalue weighted by atomic mass is 9.95. The van der Waals surface area contributed by atoms with E-state index >= 15 is 0 Å². The third-order valence-corrected chi connectivity index (χ3v) is 6.49. The number of amides is 1. The van der Waals surface area contributed by atoms with Crippen molar-refractivity contribution >= 4 is 18.2 Å². The molecule has 166 valence electrons. The zero-order valence-electron chi connectivity index (χ0n) is 18.4. The molecule has 1 fully saturated rings. The average molecular weight is 425 g/mol. The molecule has 7 heteroatoms. The van der Waals surface area contributed by atoms with Gasteiger partial charge in [-0.25, -0.2) is 4.99 Å². The molecule has 1 N–H and O–H groups in total. The van der Waals surface area contributed by atoms with Crippen molar-refractivity contribution in [3.8, 4) is 5.75 Å². The van der Waals surface area contributed by atoms with Gasteiger partial charge in [0.1, 0.15) is 11.1 Å². The van der Waals surface area contributed by atoms with Crippen molar-refractivity contribution in [1.82, 2.24) is 14.5 Å². The number of ether oxygens (including phenoxy) is 1. The lowest BCUT2D eigenvalue weighted by molar-refractivity contribution is -0.132. The fraction of sp³-hybridized carbons (Fsp3) is 0.542. The largest absolute Gasteiger partial charge is 0.494 e. The number of benzene rings is 1. The molecular formula is C24H32N4O3. The lowest BCUT2D eigenvalue weighted by Crippen LogP contribution is -2.37. The Morgan fingerprint density at radius 3 is 2.77 bits per heavy atom. The summed E-state index contributed by atoms with van der Waals surface area (Å²) in [5.41, 5.74) is 2.13. The van der Waals surface area contributed by atoms with Gasteiger partial charge < -0.3 is 14.2 Å². The molecule has 1 aromatic heterocycles. The number of fused-ring (bicyclic) bond motifs is 2. The Hall–Kier alpha value is -2.83. The molecule has 1 saturated carbocycles. The molecular weight excluding hydrogens is 392 g/mol. The quantitative estimate of drug-likeness (QED) is 0.618. The summed E-state index contributed by atoms with van der Waals surface area (Å²) in [5.74, 6) is 0.966. The van der Waals surface area contributed by atoms with Crippen LogP contribution in [0.3, 0.4) is 0 Å². The molecule has 0 unspecified atom stereocenters. The maximum Gasteiger partial charge on any atom is 0.274 e. The van der Waals surface area contributed by atoms with Gasteiger partial charge in [-0.05, 0) is 37.5 Å². The Balaban J connectivity index is 1.28. The number of hydrogen-bond donors (Lipinski definition) is 1. The van der Waals surface area contributed by atoms with Gasteiger partial charge in [-0.15, -0.1) is 0 Å². The summed E-state index contributed by atoms with van der Waals surface area (Å²) in [6.07, 6.45) is 9.82. The van der Waals surface area contributed by atoms with Gasteiger partial charge in [-0.1, -0.05) is 38.7 Å². The van der Waals surface area contributed by atoms with E-state index in [4.69, 9.17) is 4.74 Å². The van der Waals surface area contributed by atoms with Gasteiger partial charge in [0.15, 0.2) is 0 Å². The minimum atomic E-state index is -0.211. The van der Waals surface area contributed by atoms with Crippen molar-refractivity contribution in [3.05, 3.63) is 45.1 Å². The first-order valence-corrected chi connectivity index (χ1v) is 11.4. The predicted molar refractivity (Wildman–Crippen MR) is 120 cm³/mol. The van der Waals surface area contributed by atoms with E-state index in [0.717, 1.165) is 29.8 Å². The van der Waals surface area contributed by atoms with Gasteiger partial charge in [0.25, 0.3) is 5.56 Å². The van der Waals surface area contributed by atoms with E-state index in [1.807, 2.05) is 30.1 Å². The van der Waals surface area contributed by atoms with Crippen LogP contribution in [0.15, 0.2) is 28.0 Å². The number of nitrogens with zero attached hydrogens (tertiary/aromatic N) is 3. The standard InChI is InChI=1S/C24H32N4O3/c1-17-23(30)26-24-25-21-13-12-20(15-18(21)16-28(17)24)31-14-8-11-22(29)27(2)19-9-6-4-3-5-7-10-19/h12-13,15,19H,1,3-11,14,16H2,2H3,(H,25,26,30). The molecule has 2 aliphatic rings. The number of carbonyl (C=O) groups is 1. The van der Waals surface area contributed by atoms with Crippen LogP contribution in [0, 0.1) is 0 Å². The van der Waals surface area contributed by atoms with Gasteiger partial charge in [0.2, 0.25) is 11.5 Å². The molecule has 1 aliphatic heterocycles. The molecule has 0 bridgehead atoms. The van der Waals surface area contributed by atoms with Crippen LogP contribution in [0.1, 0.15) is 63.4 Å². The van der Waals surface area contributed by atoms with Crippen LogP contribution < -0.4 is 21.3 Å². The van der Waals surface area contributed by atoms with E-state index in [-0.39, 0.29) is 11.5 Å². The summed E-state index contributed by atoms with van der Waals surface area (Å²) in [7, 11) is 1.96. The summed E-state index contributed by atoms with van der Waals surface area (Å²) >= 11 is 0. The third kappa shape index (κ3) is 4.92. The van der Waals surface area contributed by atoms with Crippen LogP contribution in [0.2, 0.25) is 0 Å². The van der Waals surface area contributed by atoms with Gasteiger partial charge in [0, 0.05) is 25.1 Å². The molecule has 0 saturated heterocycles. The van der Waals surface area contributed by atoms with Crippen molar-refractivity contribution in [2.75, 3.05) is 13.7 Å². The monoisotopic (exact) mass is 424 g/mol. The number of aromatic amines is 1. The summed E-state index contributed by atoms with van der Waals surface area (Å²) < 4.78 is 7.68. The predicted octanol–water partition coefficient (Wildman–Crippen LogP) is 2.63. The minimum absolute atomic E-state index is 0.211. The van der Waals surface area contributed by atoms with Crippen molar-refractivity contribution in [3.63, 3.8) is 0 Å². The van der Waals surface area contributed by atoms with Crippen LogP contribution in [-0.2, 0) is 11.3 Å². The van der Waals surface area contributed by atoms with Gasteiger partial charge in [-0.2, -0.15) is 0 Å². The van der Waals surface area contributed by atoms with Crippen molar-refractivity contribution in [1.29, 1.82) is 0 Å². The average Bonchev–Trinajstić information content (AvgIpc) is 3.01. The third-order valence-electron chi connectivity index (χ3n) is 6.49. The highest BCUT2D eigenvalue weighted by atomic mass is 16.5. The molecule has 31 heavy (non-hydrogen) atoms. The summed E-state index contributed by atoms with van der Waals surface area (Å²) in [6, 6.07) is 6.12. The zero-order valence-corrected chi connectivity index (χ0v) is 18.4. The van der Waals surface area contributed by atoms with Crippen LogP contribution in [0.25, 0.3) is 6.58 Å². The van der Waals surface area contributed by atoms with E-state index in [9.17, 15) is 9.59 Å². The second-order valence-electron chi connectivity index (χ2n) is 8.67. The van der Waals surface area contributed by atoms with E-state index in [1.165, 1.54) is 32.1 Å². The van der Waals surface area contributed by atoms with Crippen LogP contribution in [0.4, 0.5) is 5.69 Å². The molecule has 1 aromatic carbocycles. The Labute approximate surface area is 182 Å². The first kappa shape index (κ1) is 21.4. The van der Waals surface area contributed by atoms with Crippen LogP contribution >= 0.6 is 0 Å². The van der Waals surface area contributed by atoms with E-state index in [0.29, 0.717) is 43.0 Å². The maximum absolute atomic E-state index is 12.6. The number of H-pyrrole nitrogens is 1. The molecule has 2 heterocycles. The molecule has 1 aliphatic carbocycles. The number of rotatable bonds is 6. The Kier molecular flexibility index (Phi) is 6.59. The van der Waals surface area contributed by atoms with Crippen molar-refractivity contribution in [2.24, 2.45) is 4.99 Å². The number of imidazole rings is 1. The molecule has 1 amide bonds. The minimum Gasteiger partial charge on any atom is -0.494 e. The second kappa shape index (κ2) is 9.54. The Morgan fingerprint density at radius 1 is 1.26 bits per heavy atom. The maximum atomic E-state index is 12.6. The van der Waals surface area contributed by atoms with Crippen molar-refractivity contribution in [2.45, 2.75) is 70.4 Å². The van der Waals surface area contributed by atoms with Crippen LogP contribution in [-0.4, -0.2) is 40.1 Å². The van der Waals surface area contributed by atoms with Gasteiger partial charge >= 0.3 is 0 Å². The highest BCUT2D eigenvalue weighted by Crippen LogP contribution is 2.26. The molecule has 2 aromatic rings. The second-order valence-corrected chi connectivity index (χ2v) is 8.67. The topological polar surface area (TPSA) is 79.7 Å². The number of hydrogen-bond acceptors (Lipinski definition) is 4. The first-order chi connectivity index (χ1) is 15.0. The van der Waals surface area contributed by atoms with Gasteiger partial charge in [0.05, 0.1) is 18.8 Å². The Bertz CT molecular complexity index is 1090. The smallest absolute Gasteiger partial charge is 0.274 e. The molecule has 0 radical (unpaired) electrons. The molecule has 4 rings (SSSR count). The number of carbonyl (C=O) groups excluding carboxylic acids is 1. The zero-order chi connectivity index (χ0) is 21.8.